The molecule has 0 saturated carbocycles. The second-order valence-corrected chi connectivity index (χ2v) is 9.00. The molecule has 1 aliphatic heterocycles. The summed E-state index contributed by atoms with van der Waals surface area (Å²) in [4.78, 5) is 12.2. The van der Waals surface area contributed by atoms with Crippen molar-refractivity contribution in [3.05, 3.63) is 46.9 Å². The van der Waals surface area contributed by atoms with E-state index in [4.69, 9.17) is 14.2 Å². The number of methoxy groups -OCH3 is 1. The maximum absolute atomic E-state index is 13.0. The van der Waals surface area contributed by atoms with Crippen LogP contribution in [0.25, 0.3) is 0 Å². The van der Waals surface area contributed by atoms with Gasteiger partial charge in [-0.2, -0.15) is 4.31 Å². The lowest BCUT2D eigenvalue weighted by atomic mass is 10.3. The molecule has 1 saturated heterocycles. The van der Waals surface area contributed by atoms with Crippen LogP contribution in [-0.2, 0) is 19.6 Å². The number of halogens is 1. The number of sulfonamides is 1. The van der Waals surface area contributed by atoms with Crippen molar-refractivity contribution < 1.29 is 27.4 Å². The number of hydrogen-bond donors (Lipinski definition) is 1. The summed E-state index contributed by atoms with van der Waals surface area (Å²) in [6.07, 6.45) is 0. The summed E-state index contributed by atoms with van der Waals surface area (Å²) in [5, 5.41) is 2.65. The number of amides is 1. The van der Waals surface area contributed by atoms with Gasteiger partial charge in [-0.05, 0) is 36.4 Å². The number of nitrogens with one attached hydrogen (secondary N) is 1. The van der Waals surface area contributed by atoms with Crippen molar-refractivity contribution in [2.75, 3.05) is 45.3 Å². The first kappa shape index (κ1) is 21.6. The van der Waals surface area contributed by atoms with Gasteiger partial charge in [0.2, 0.25) is 10.0 Å². The Morgan fingerprint density at radius 1 is 1.21 bits per heavy atom. The van der Waals surface area contributed by atoms with Crippen LogP contribution in [0.15, 0.2) is 51.8 Å². The predicted octanol–water partition coefficient (Wildman–Crippen LogP) is 2.50. The third-order valence-electron chi connectivity index (χ3n) is 4.20. The molecule has 0 aliphatic carbocycles. The van der Waals surface area contributed by atoms with Gasteiger partial charge in [-0.25, -0.2) is 8.42 Å². The molecule has 1 N–H and O–H groups in total. The van der Waals surface area contributed by atoms with Crippen LogP contribution in [0, 0.1) is 0 Å². The summed E-state index contributed by atoms with van der Waals surface area (Å²) < 4.78 is 44.1. The van der Waals surface area contributed by atoms with Gasteiger partial charge in [0.25, 0.3) is 5.91 Å². The topological polar surface area (TPSA) is 94.2 Å². The Kier molecular flexibility index (Phi) is 7.12. The third-order valence-corrected chi connectivity index (χ3v) is 6.61. The fourth-order valence-corrected chi connectivity index (χ4v) is 4.75. The highest BCUT2D eigenvalue weighted by Gasteiger charge is 2.29. The van der Waals surface area contributed by atoms with Gasteiger partial charge in [0.05, 0.1) is 20.3 Å². The van der Waals surface area contributed by atoms with Crippen LogP contribution < -0.4 is 14.8 Å². The molecule has 0 atom stereocenters. The Morgan fingerprint density at radius 2 is 1.97 bits per heavy atom. The second kappa shape index (κ2) is 9.57. The highest BCUT2D eigenvalue weighted by molar-refractivity contribution is 9.10. The van der Waals surface area contributed by atoms with Crippen molar-refractivity contribution >= 4 is 37.5 Å². The maximum Gasteiger partial charge on any atom is 0.262 e. The number of morpholine rings is 1. The first-order chi connectivity index (χ1) is 13.9. The lowest BCUT2D eigenvalue weighted by Crippen LogP contribution is -2.40. The smallest absolute Gasteiger partial charge is 0.262 e. The summed E-state index contributed by atoms with van der Waals surface area (Å²) in [6, 6.07) is 11.6. The van der Waals surface area contributed by atoms with Crippen LogP contribution in [-0.4, -0.2) is 58.7 Å². The number of rotatable bonds is 7. The average molecular weight is 485 g/mol. The molecule has 0 radical (unpaired) electrons. The zero-order chi connectivity index (χ0) is 20.9. The molecule has 1 fully saturated rings. The normalized spacial score (nSPS) is 15.0. The Balaban J connectivity index is 1.73. The molecule has 0 spiro atoms. The molecule has 1 amide bonds. The fourth-order valence-electron chi connectivity index (χ4n) is 2.78. The summed E-state index contributed by atoms with van der Waals surface area (Å²) in [5.74, 6) is 0.338. The number of carbonyl (C=O) groups is 1. The van der Waals surface area contributed by atoms with Gasteiger partial charge in [-0.1, -0.05) is 22.0 Å². The molecule has 156 valence electrons. The van der Waals surface area contributed by atoms with Crippen molar-refractivity contribution in [2.24, 2.45) is 0 Å². The van der Waals surface area contributed by atoms with Crippen molar-refractivity contribution in [1.82, 2.24) is 4.31 Å². The minimum absolute atomic E-state index is 0.00684. The van der Waals surface area contributed by atoms with E-state index >= 15 is 0 Å². The van der Waals surface area contributed by atoms with E-state index in [1.54, 1.807) is 24.3 Å². The van der Waals surface area contributed by atoms with Crippen molar-refractivity contribution in [3.63, 3.8) is 0 Å². The highest BCUT2D eigenvalue weighted by Crippen LogP contribution is 2.30. The molecule has 1 aliphatic rings. The zero-order valence-corrected chi connectivity index (χ0v) is 18.2. The van der Waals surface area contributed by atoms with Gasteiger partial charge in [0.15, 0.2) is 6.61 Å². The number of carbonyl (C=O) groups excluding carboxylic acids is 1. The van der Waals surface area contributed by atoms with Crippen LogP contribution >= 0.6 is 15.9 Å². The molecule has 0 bridgehead atoms. The van der Waals surface area contributed by atoms with Gasteiger partial charge in [-0.3, -0.25) is 4.79 Å². The predicted molar refractivity (Wildman–Crippen MR) is 111 cm³/mol. The Morgan fingerprint density at radius 3 is 2.66 bits per heavy atom. The summed E-state index contributed by atoms with van der Waals surface area (Å²) in [6.45, 7) is 0.995. The number of hydrogen-bond acceptors (Lipinski definition) is 6. The molecule has 8 nitrogen and oxygen atoms in total. The standard InChI is InChI=1S/C19H21BrN2O6S/c1-26-17-6-5-15(12-18(17)29(24,25)22-7-9-27-10-8-22)21-19(23)13-28-16-4-2-3-14(20)11-16/h2-6,11-12H,7-10,13H2,1H3,(H,21,23). The maximum atomic E-state index is 13.0. The Hall–Kier alpha value is -2.14. The lowest BCUT2D eigenvalue weighted by molar-refractivity contribution is -0.118. The zero-order valence-electron chi connectivity index (χ0n) is 15.8. The van der Waals surface area contributed by atoms with Crippen molar-refractivity contribution in [1.29, 1.82) is 0 Å². The molecule has 3 rings (SSSR count). The van der Waals surface area contributed by atoms with Gasteiger partial charge in [0.1, 0.15) is 16.4 Å². The molecule has 1 heterocycles. The lowest BCUT2D eigenvalue weighted by Gasteiger charge is -2.26. The molecule has 2 aromatic rings. The first-order valence-electron chi connectivity index (χ1n) is 8.84. The minimum atomic E-state index is -3.78. The van der Waals surface area contributed by atoms with E-state index in [0.29, 0.717) is 24.7 Å². The summed E-state index contributed by atoms with van der Waals surface area (Å²) in [5.41, 5.74) is 0.334. The van der Waals surface area contributed by atoms with Gasteiger partial charge < -0.3 is 19.5 Å². The summed E-state index contributed by atoms with van der Waals surface area (Å²) >= 11 is 3.33. The SMILES string of the molecule is COc1ccc(NC(=O)COc2cccc(Br)c2)cc1S(=O)(=O)N1CCOCC1. The van der Waals surface area contributed by atoms with Gasteiger partial charge >= 0.3 is 0 Å². The summed E-state index contributed by atoms with van der Waals surface area (Å²) in [7, 11) is -2.38. The van der Waals surface area contributed by atoms with Crippen LogP contribution in [0.5, 0.6) is 11.5 Å². The fraction of sp³-hybridized carbons (Fsp3) is 0.316. The molecule has 29 heavy (non-hydrogen) atoms. The van der Waals surface area contributed by atoms with Crippen LogP contribution in [0.2, 0.25) is 0 Å². The molecule has 0 aromatic heterocycles. The number of ether oxygens (including phenoxy) is 3. The van der Waals surface area contributed by atoms with Crippen molar-refractivity contribution in [3.8, 4) is 11.5 Å². The molecule has 10 heteroatoms. The first-order valence-corrected chi connectivity index (χ1v) is 11.1. The second-order valence-electron chi connectivity index (χ2n) is 6.18. The Bertz CT molecular complexity index is 976. The quantitative estimate of drug-likeness (QED) is 0.648. The van der Waals surface area contributed by atoms with Crippen LogP contribution in [0.3, 0.4) is 0 Å². The van der Waals surface area contributed by atoms with E-state index in [1.165, 1.54) is 23.5 Å². The van der Waals surface area contributed by atoms with Gasteiger partial charge in [-0.15, -0.1) is 0 Å². The van der Waals surface area contributed by atoms with Crippen LogP contribution in [0.1, 0.15) is 0 Å². The van der Waals surface area contributed by atoms with E-state index in [9.17, 15) is 13.2 Å². The Labute approximate surface area is 177 Å². The van der Waals surface area contributed by atoms with E-state index in [0.717, 1.165) is 4.47 Å². The van der Waals surface area contributed by atoms with Gasteiger partial charge in [0, 0.05) is 23.2 Å². The van der Waals surface area contributed by atoms with Crippen LogP contribution in [0.4, 0.5) is 5.69 Å². The highest BCUT2D eigenvalue weighted by atomic mass is 79.9. The van der Waals surface area contributed by atoms with E-state index in [-0.39, 0.29) is 30.3 Å². The largest absolute Gasteiger partial charge is 0.495 e. The van der Waals surface area contributed by atoms with E-state index in [1.807, 2.05) is 6.07 Å². The molecular weight excluding hydrogens is 464 g/mol. The van der Waals surface area contributed by atoms with E-state index in [2.05, 4.69) is 21.2 Å². The number of anilines is 1. The number of benzene rings is 2. The molecular formula is C19H21BrN2O6S. The molecule has 2 aromatic carbocycles. The molecule has 0 unspecified atom stereocenters. The van der Waals surface area contributed by atoms with Crippen molar-refractivity contribution in [2.45, 2.75) is 4.90 Å². The number of nitrogens with zero attached hydrogens (tertiary/aromatic N) is 1. The van der Waals surface area contributed by atoms with E-state index < -0.39 is 15.9 Å². The average Bonchev–Trinajstić information content (AvgIpc) is 2.73. The monoisotopic (exact) mass is 484 g/mol. The third kappa shape index (κ3) is 5.47. The minimum Gasteiger partial charge on any atom is -0.495 e.